The quantitative estimate of drug-likeness (QED) is 0.940. The van der Waals surface area contributed by atoms with E-state index in [1.165, 1.54) is 0 Å². The van der Waals surface area contributed by atoms with Crippen LogP contribution >= 0.6 is 11.6 Å². The zero-order valence-electron chi connectivity index (χ0n) is 11.9. The van der Waals surface area contributed by atoms with Gasteiger partial charge in [-0.25, -0.2) is 0 Å². The molecular weight excluding hydrogens is 290 g/mol. The average molecular weight is 308 g/mol. The van der Waals surface area contributed by atoms with Crippen molar-refractivity contribution in [2.24, 2.45) is 5.92 Å². The fourth-order valence-electron chi connectivity index (χ4n) is 2.66. The smallest absolute Gasteiger partial charge is 0.241 e. The summed E-state index contributed by atoms with van der Waals surface area (Å²) in [6.45, 7) is 4.26. The molecule has 1 fully saturated rings. The molecule has 2 heterocycles. The Bertz CT molecular complexity index is 614. The molecule has 0 bridgehead atoms. The van der Waals surface area contributed by atoms with Gasteiger partial charge in [-0.2, -0.15) is 4.98 Å². The molecule has 1 aromatic heterocycles. The molecule has 2 atom stereocenters. The molecule has 1 aliphatic heterocycles. The van der Waals surface area contributed by atoms with Gasteiger partial charge in [-0.1, -0.05) is 28.9 Å². The van der Waals surface area contributed by atoms with Crippen molar-refractivity contribution in [2.75, 3.05) is 13.1 Å². The minimum absolute atomic E-state index is 0.267. The monoisotopic (exact) mass is 307 g/mol. The first-order chi connectivity index (χ1) is 10.1. The molecule has 2 unspecified atom stereocenters. The van der Waals surface area contributed by atoms with E-state index >= 15 is 0 Å². The van der Waals surface area contributed by atoms with Crippen LogP contribution in [0.3, 0.4) is 0 Å². The Morgan fingerprint density at radius 3 is 3.00 bits per heavy atom. The molecule has 1 N–H and O–H groups in total. The lowest BCUT2D eigenvalue weighted by atomic mass is 10.0. The van der Waals surface area contributed by atoms with E-state index in [0.717, 1.165) is 25.1 Å². The molecule has 1 saturated heterocycles. The molecule has 2 aromatic rings. The number of benzene rings is 1. The van der Waals surface area contributed by atoms with Gasteiger partial charge in [-0.15, -0.1) is 0 Å². The Kier molecular flexibility index (Phi) is 4.24. The lowest BCUT2D eigenvalue weighted by Crippen LogP contribution is -2.24. The highest BCUT2D eigenvalue weighted by atomic mass is 35.5. The van der Waals surface area contributed by atoms with Crippen LogP contribution in [0.5, 0.6) is 0 Å². The summed E-state index contributed by atoms with van der Waals surface area (Å²) in [7, 11) is 0. The molecule has 3 rings (SSSR count). The van der Waals surface area contributed by atoms with Crippen LogP contribution in [0.15, 0.2) is 28.8 Å². The van der Waals surface area contributed by atoms with Crippen LogP contribution in [0.2, 0.25) is 5.02 Å². The molecule has 112 valence electrons. The van der Waals surface area contributed by atoms with Crippen molar-refractivity contribution in [2.45, 2.75) is 26.0 Å². The van der Waals surface area contributed by atoms with E-state index in [1.54, 1.807) is 6.07 Å². The summed E-state index contributed by atoms with van der Waals surface area (Å²) in [5.41, 5.74) is 0.775. The highest BCUT2D eigenvalue weighted by Crippen LogP contribution is 2.26. The first kappa shape index (κ1) is 14.5. The first-order valence-electron chi connectivity index (χ1n) is 7.11. The maximum absolute atomic E-state index is 9.63. The van der Waals surface area contributed by atoms with E-state index in [9.17, 15) is 5.11 Å². The standard InChI is InChI=1S/C15H18ClN3O2/c1-10(20)11-6-7-19(8-11)9-14-17-15(18-21-14)12-4-2-3-5-13(12)16/h2-5,10-11,20H,6-9H2,1H3. The third kappa shape index (κ3) is 3.26. The van der Waals surface area contributed by atoms with E-state index in [-0.39, 0.29) is 6.10 Å². The third-order valence-electron chi connectivity index (χ3n) is 3.93. The van der Waals surface area contributed by atoms with Crippen molar-refractivity contribution in [1.82, 2.24) is 15.0 Å². The van der Waals surface area contributed by atoms with E-state index in [0.29, 0.717) is 29.2 Å². The molecule has 1 aromatic carbocycles. The van der Waals surface area contributed by atoms with E-state index in [1.807, 2.05) is 25.1 Å². The molecule has 0 spiro atoms. The number of halogens is 1. The van der Waals surface area contributed by atoms with Crippen LogP contribution in [-0.4, -0.2) is 39.3 Å². The maximum atomic E-state index is 9.63. The van der Waals surface area contributed by atoms with Crippen molar-refractivity contribution in [1.29, 1.82) is 0 Å². The fourth-order valence-corrected chi connectivity index (χ4v) is 2.88. The maximum Gasteiger partial charge on any atom is 0.241 e. The Balaban J connectivity index is 1.68. The molecule has 21 heavy (non-hydrogen) atoms. The SMILES string of the molecule is CC(O)C1CCN(Cc2nc(-c3ccccc3Cl)no2)C1. The van der Waals surface area contributed by atoms with E-state index in [2.05, 4.69) is 15.0 Å². The van der Waals surface area contributed by atoms with Crippen molar-refractivity contribution < 1.29 is 9.63 Å². The summed E-state index contributed by atoms with van der Waals surface area (Å²) in [4.78, 5) is 6.63. The topological polar surface area (TPSA) is 62.4 Å². The van der Waals surface area contributed by atoms with Gasteiger partial charge in [0.25, 0.3) is 0 Å². The van der Waals surface area contributed by atoms with Crippen molar-refractivity contribution in [3.05, 3.63) is 35.2 Å². The second kappa shape index (κ2) is 6.13. The van der Waals surface area contributed by atoms with Gasteiger partial charge < -0.3 is 9.63 Å². The number of aliphatic hydroxyl groups excluding tert-OH is 1. The van der Waals surface area contributed by atoms with E-state index in [4.69, 9.17) is 16.1 Å². The number of likely N-dealkylation sites (tertiary alicyclic amines) is 1. The molecule has 0 amide bonds. The highest BCUT2D eigenvalue weighted by Gasteiger charge is 2.27. The number of rotatable bonds is 4. The predicted molar refractivity (Wildman–Crippen MR) is 79.8 cm³/mol. The van der Waals surface area contributed by atoms with Crippen molar-refractivity contribution in [3.63, 3.8) is 0 Å². The fraction of sp³-hybridized carbons (Fsp3) is 0.467. The van der Waals surface area contributed by atoms with Gasteiger partial charge in [0.1, 0.15) is 0 Å². The van der Waals surface area contributed by atoms with Gasteiger partial charge in [-0.3, -0.25) is 4.90 Å². The number of aromatic nitrogens is 2. The summed E-state index contributed by atoms with van der Waals surface area (Å²) in [6, 6.07) is 7.44. The normalized spacial score (nSPS) is 20.8. The minimum Gasteiger partial charge on any atom is -0.393 e. The summed E-state index contributed by atoms with van der Waals surface area (Å²) in [6.07, 6.45) is 0.736. The highest BCUT2D eigenvalue weighted by molar-refractivity contribution is 6.33. The van der Waals surface area contributed by atoms with Crippen molar-refractivity contribution >= 4 is 11.6 Å². The van der Waals surface area contributed by atoms with Gasteiger partial charge in [0.05, 0.1) is 17.7 Å². The molecule has 0 saturated carbocycles. The number of aliphatic hydroxyl groups is 1. The van der Waals surface area contributed by atoms with Crippen molar-refractivity contribution in [3.8, 4) is 11.4 Å². The van der Waals surface area contributed by atoms with Gasteiger partial charge >= 0.3 is 0 Å². The average Bonchev–Trinajstić information content (AvgIpc) is 3.09. The van der Waals surface area contributed by atoms with E-state index < -0.39 is 0 Å². The zero-order valence-corrected chi connectivity index (χ0v) is 12.6. The largest absolute Gasteiger partial charge is 0.393 e. The Labute approximate surface area is 128 Å². The van der Waals surface area contributed by atoms with Crippen LogP contribution in [0, 0.1) is 5.92 Å². The van der Waals surface area contributed by atoms with Gasteiger partial charge in [0, 0.05) is 12.1 Å². The van der Waals surface area contributed by atoms with Gasteiger partial charge in [0.2, 0.25) is 11.7 Å². The molecule has 0 radical (unpaired) electrons. The molecule has 6 heteroatoms. The van der Waals surface area contributed by atoms with Gasteiger partial charge in [0.15, 0.2) is 0 Å². The Morgan fingerprint density at radius 1 is 1.48 bits per heavy atom. The Hall–Kier alpha value is -1.43. The van der Waals surface area contributed by atoms with Crippen LogP contribution in [0.1, 0.15) is 19.2 Å². The summed E-state index contributed by atoms with van der Waals surface area (Å²) in [5, 5.41) is 14.2. The summed E-state index contributed by atoms with van der Waals surface area (Å²) >= 11 is 6.13. The molecule has 1 aliphatic rings. The second-order valence-corrected chi connectivity index (χ2v) is 5.92. The lowest BCUT2D eigenvalue weighted by molar-refractivity contribution is 0.125. The number of nitrogens with zero attached hydrogens (tertiary/aromatic N) is 3. The predicted octanol–water partition coefficient (Wildman–Crippen LogP) is 2.59. The summed E-state index contributed by atoms with van der Waals surface area (Å²) in [5.74, 6) is 1.42. The van der Waals surface area contributed by atoms with Crippen LogP contribution in [0.4, 0.5) is 0 Å². The van der Waals surface area contributed by atoms with Crippen LogP contribution < -0.4 is 0 Å². The number of hydrogen-bond donors (Lipinski definition) is 1. The second-order valence-electron chi connectivity index (χ2n) is 5.52. The Morgan fingerprint density at radius 2 is 2.29 bits per heavy atom. The first-order valence-corrected chi connectivity index (χ1v) is 7.49. The molecular formula is C15H18ClN3O2. The van der Waals surface area contributed by atoms with Gasteiger partial charge in [-0.05, 0) is 37.9 Å². The molecule has 5 nitrogen and oxygen atoms in total. The number of hydrogen-bond acceptors (Lipinski definition) is 5. The lowest BCUT2D eigenvalue weighted by Gasteiger charge is -2.15. The molecule has 0 aliphatic carbocycles. The minimum atomic E-state index is -0.267. The third-order valence-corrected chi connectivity index (χ3v) is 4.26. The summed E-state index contributed by atoms with van der Waals surface area (Å²) < 4.78 is 5.31. The van der Waals surface area contributed by atoms with Crippen LogP contribution in [-0.2, 0) is 6.54 Å². The zero-order chi connectivity index (χ0) is 14.8. The van der Waals surface area contributed by atoms with Crippen LogP contribution in [0.25, 0.3) is 11.4 Å².